The molecule has 1 unspecified atom stereocenters. The molecule has 0 aliphatic heterocycles. The lowest BCUT2D eigenvalue weighted by Gasteiger charge is -2.28. The van der Waals surface area contributed by atoms with Crippen LogP contribution in [0.5, 0.6) is 0 Å². The summed E-state index contributed by atoms with van der Waals surface area (Å²) >= 11 is 7.43. The van der Waals surface area contributed by atoms with Gasteiger partial charge in [0.05, 0.1) is 10.9 Å². The van der Waals surface area contributed by atoms with Gasteiger partial charge in [-0.2, -0.15) is 0 Å². The monoisotopic (exact) mass is 247 g/mol. The molecule has 0 bridgehead atoms. The van der Waals surface area contributed by atoms with E-state index >= 15 is 0 Å². The van der Waals surface area contributed by atoms with E-state index in [1.165, 1.54) is 4.88 Å². The van der Waals surface area contributed by atoms with Crippen LogP contribution < -0.4 is 5.32 Å². The molecule has 1 heterocycles. The van der Waals surface area contributed by atoms with E-state index in [1.807, 2.05) is 19.1 Å². The Balaban J connectivity index is 2.47. The van der Waals surface area contributed by atoms with Gasteiger partial charge < -0.3 is 10.4 Å². The van der Waals surface area contributed by atoms with Crippen molar-refractivity contribution in [3.63, 3.8) is 0 Å². The highest BCUT2D eigenvalue weighted by Gasteiger charge is 2.21. The van der Waals surface area contributed by atoms with Gasteiger partial charge in [-0.3, -0.25) is 0 Å². The number of thiophene rings is 1. The summed E-state index contributed by atoms with van der Waals surface area (Å²) in [5, 5.41) is 12.7. The minimum Gasteiger partial charge on any atom is -0.394 e. The summed E-state index contributed by atoms with van der Waals surface area (Å²) < 4.78 is 0.813. The lowest BCUT2D eigenvalue weighted by atomic mass is 9.97. The van der Waals surface area contributed by atoms with Crippen molar-refractivity contribution in [3.8, 4) is 0 Å². The summed E-state index contributed by atoms with van der Waals surface area (Å²) in [5.74, 6) is 0. The van der Waals surface area contributed by atoms with Crippen LogP contribution in [0.1, 0.15) is 31.6 Å². The zero-order valence-electron chi connectivity index (χ0n) is 9.22. The number of hydrogen-bond donors (Lipinski definition) is 2. The average Bonchev–Trinajstić information content (AvgIpc) is 2.62. The first kappa shape index (κ1) is 13.0. The Bertz CT molecular complexity index is 303. The first-order valence-corrected chi connectivity index (χ1v) is 6.39. The van der Waals surface area contributed by atoms with Crippen LogP contribution in [0.15, 0.2) is 12.1 Å². The second kappa shape index (κ2) is 5.85. The van der Waals surface area contributed by atoms with Crippen molar-refractivity contribution in [3.05, 3.63) is 21.3 Å². The second-order valence-electron chi connectivity index (χ2n) is 4.03. The van der Waals surface area contributed by atoms with Gasteiger partial charge in [-0.05, 0) is 25.5 Å². The summed E-state index contributed by atoms with van der Waals surface area (Å²) in [6, 6.07) is 3.92. The molecule has 2 nitrogen and oxygen atoms in total. The minimum atomic E-state index is -0.175. The van der Waals surface area contributed by atoms with Crippen LogP contribution in [0.25, 0.3) is 0 Å². The van der Waals surface area contributed by atoms with Crippen LogP contribution in [-0.4, -0.2) is 17.3 Å². The smallest absolute Gasteiger partial charge is 0.0931 e. The van der Waals surface area contributed by atoms with Gasteiger partial charge >= 0.3 is 0 Å². The Labute approximate surface area is 100 Å². The topological polar surface area (TPSA) is 32.3 Å². The molecule has 0 spiro atoms. The molecule has 1 atom stereocenters. The molecular formula is C11H18ClNOS. The second-order valence-corrected chi connectivity index (χ2v) is 5.83. The Morgan fingerprint density at radius 2 is 2.27 bits per heavy atom. The van der Waals surface area contributed by atoms with E-state index in [0.717, 1.165) is 23.7 Å². The maximum absolute atomic E-state index is 9.31. The van der Waals surface area contributed by atoms with E-state index in [2.05, 4.69) is 12.2 Å². The molecule has 2 N–H and O–H groups in total. The number of nitrogens with one attached hydrogen (secondary N) is 1. The Kier molecular flexibility index (Phi) is 5.06. The van der Waals surface area contributed by atoms with Gasteiger partial charge in [0.15, 0.2) is 0 Å². The Hall–Kier alpha value is -0.0900. The number of halogens is 1. The van der Waals surface area contributed by atoms with Crippen molar-refractivity contribution in [1.82, 2.24) is 5.32 Å². The molecule has 0 fully saturated rings. The molecule has 15 heavy (non-hydrogen) atoms. The van der Waals surface area contributed by atoms with E-state index < -0.39 is 0 Å². The molecule has 1 rings (SSSR count). The predicted octanol–water partition coefficient (Wildman–Crippen LogP) is 3.04. The Morgan fingerprint density at radius 1 is 1.53 bits per heavy atom. The predicted molar refractivity (Wildman–Crippen MR) is 66.6 cm³/mol. The van der Waals surface area contributed by atoms with Crippen molar-refractivity contribution in [1.29, 1.82) is 0 Å². The van der Waals surface area contributed by atoms with Crippen molar-refractivity contribution >= 4 is 22.9 Å². The molecule has 0 saturated heterocycles. The van der Waals surface area contributed by atoms with Crippen LogP contribution in [0.3, 0.4) is 0 Å². The molecule has 0 saturated carbocycles. The SMILES string of the molecule is CCCC(C)(CO)NCc1ccc(Cl)s1. The lowest BCUT2D eigenvalue weighted by Crippen LogP contribution is -2.44. The first-order chi connectivity index (χ1) is 7.09. The van der Waals surface area contributed by atoms with Crippen molar-refractivity contribution in [2.24, 2.45) is 0 Å². The third-order valence-electron chi connectivity index (χ3n) is 2.47. The zero-order chi connectivity index (χ0) is 11.3. The summed E-state index contributed by atoms with van der Waals surface area (Å²) in [6.07, 6.45) is 2.04. The average molecular weight is 248 g/mol. The molecule has 0 aliphatic carbocycles. The summed E-state index contributed by atoms with van der Waals surface area (Å²) in [5.41, 5.74) is -0.175. The van der Waals surface area contributed by atoms with Gasteiger partial charge in [-0.15, -0.1) is 11.3 Å². The van der Waals surface area contributed by atoms with Crippen LogP contribution in [0.4, 0.5) is 0 Å². The van der Waals surface area contributed by atoms with Gasteiger partial charge in [0, 0.05) is 17.0 Å². The largest absolute Gasteiger partial charge is 0.394 e. The molecule has 0 aromatic carbocycles. The number of hydrogen-bond acceptors (Lipinski definition) is 3. The molecule has 86 valence electrons. The van der Waals surface area contributed by atoms with E-state index in [1.54, 1.807) is 11.3 Å². The van der Waals surface area contributed by atoms with Gasteiger partial charge in [0.1, 0.15) is 0 Å². The minimum absolute atomic E-state index is 0.167. The quantitative estimate of drug-likeness (QED) is 0.810. The summed E-state index contributed by atoms with van der Waals surface area (Å²) in [6.45, 7) is 5.11. The van der Waals surface area contributed by atoms with Gasteiger partial charge in [0.2, 0.25) is 0 Å². The lowest BCUT2D eigenvalue weighted by molar-refractivity contribution is 0.163. The van der Waals surface area contributed by atoms with Crippen molar-refractivity contribution < 1.29 is 5.11 Å². The standard InChI is InChI=1S/C11H18ClNOS/c1-3-6-11(2,8-14)13-7-9-4-5-10(12)15-9/h4-5,13-14H,3,6-8H2,1-2H3. The normalized spacial score (nSPS) is 15.2. The molecule has 0 aliphatic rings. The molecular weight excluding hydrogens is 230 g/mol. The van der Waals surface area contributed by atoms with Crippen molar-refractivity contribution in [2.75, 3.05) is 6.61 Å². The zero-order valence-corrected chi connectivity index (χ0v) is 10.8. The molecule has 4 heteroatoms. The van der Waals surface area contributed by atoms with E-state index in [9.17, 15) is 5.11 Å². The summed E-state index contributed by atoms with van der Waals surface area (Å²) in [7, 11) is 0. The third kappa shape index (κ3) is 4.11. The van der Waals surface area contributed by atoms with E-state index in [0.29, 0.717) is 0 Å². The number of aliphatic hydroxyl groups is 1. The maximum Gasteiger partial charge on any atom is 0.0931 e. The highest BCUT2D eigenvalue weighted by molar-refractivity contribution is 7.16. The van der Waals surface area contributed by atoms with E-state index in [4.69, 9.17) is 11.6 Å². The molecule has 1 aromatic heterocycles. The fourth-order valence-corrected chi connectivity index (χ4v) is 2.55. The van der Waals surface area contributed by atoms with Gasteiger partial charge in [-0.25, -0.2) is 0 Å². The highest BCUT2D eigenvalue weighted by atomic mass is 35.5. The number of aliphatic hydroxyl groups excluding tert-OH is 1. The fraction of sp³-hybridized carbons (Fsp3) is 0.636. The summed E-state index contributed by atoms with van der Waals surface area (Å²) in [4.78, 5) is 1.20. The third-order valence-corrected chi connectivity index (χ3v) is 3.70. The van der Waals surface area contributed by atoms with Gasteiger partial charge in [-0.1, -0.05) is 24.9 Å². The first-order valence-electron chi connectivity index (χ1n) is 5.20. The Morgan fingerprint density at radius 3 is 2.73 bits per heavy atom. The van der Waals surface area contributed by atoms with Crippen LogP contribution in [0, 0.1) is 0 Å². The van der Waals surface area contributed by atoms with Crippen molar-refractivity contribution in [2.45, 2.75) is 38.8 Å². The molecule has 1 aromatic rings. The van der Waals surface area contributed by atoms with E-state index in [-0.39, 0.29) is 12.1 Å². The van der Waals surface area contributed by atoms with Crippen LogP contribution in [0.2, 0.25) is 4.34 Å². The molecule has 0 radical (unpaired) electrons. The van der Waals surface area contributed by atoms with Gasteiger partial charge in [0.25, 0.3) is 0 Å². The fourth-order valence-electron chi connectivity index (χ4n) is 1.52. The maximum atomic E-state index is 9.31. The van der Waals surface area contributed by atoms with Crippen LogP contribution in [-0.2, 0) is 6.54 Å². The van der Waals surface area contributed by atoms with Crippen LogP contribution >= 0.6 is 22.9 Å². The molecule has 0 amide bonds. The highest BCUT2D eigenvalue weighted by Crippen LogP contribution is 2.22. The number of rotatable bonds is 6.